The van der Waals surface area contributed by atoms with E-state index in [-0.39, 0.29) is 5.91 Å². The highest BCUT2D eigenvalue weighted by Crippen LogP contribution is 2.03. The van der Waals surface area contributed by atoms with Crippen molar-refractivity contribution < 1.29 is 14.3 Å². The summed E-state index contributed by atoms with van der Waals surface area (Å²) in [6, 6.07) is 10.0. The lowest BCUT2D eigenvalue weighted by molar-refractivity contribution is -0.122. The highest BCUT2D eigenvalue weighted by atomic mass is 16.5. The van der Waals surface area contributed by atoms with Crippen LogP contribution in [-0.4, -0.2) is 45.4 Å². The average Bonchev–Trinajstić information content (AvgIpc) is 2.55. The number of para-hydroxylation sites is 1. The van der Waals surface area contributed by atoms with Crippen molar-refractivity contribution >= 4 is 11.6 Å². The smallest absolute Gasteiger partial charge is 0.222 e. The standard InChI is InChI=1S/C17H28N2O3/c1-2-3-12-21-13-9-17(20)19-11-15-22-14-10-18-16-7-5-4-6-8-16/h4-8,18H,2-3,9-15H2,1H3,(H,19,20). The second kappa shape index (κ2) is 13.1. The first-order valence-corrected chi connectivity index (χ1v) is 8.04. The fourth-order valence-corrected chi connectivity index (χ4v) is 1.79. The van der Waals surface area contributed by atoms with Gasteiger partial charge in [-0.1, -0.05) is 31.5 Å². The molecule has 0 saturated carbocycles. The summed E-state index contributed by atoms with van der Waals surface area (Å²) in [5.41, 5.74) is 1.09. The van der Waals surface area contributed by atoms with Crippen LogP contribution in [0.15, 0.2) is 30.3 Å². The molecule has 0 aliphatic carbocycles. The first-order valence-electron chi connectivity index (χ1n) is 8.04. The molecular weight excluding hydrogens is 280 g/mol. The second-order valence-corrected chi connectivity index (χ2v) is 4.97. The van der Waals surface area contributed by atoms with E-state index in [1.165, 1.54) is 0 Å². The van der Waals surface area contributed by atoms with E-state index in [0.717, 1.165) is 31.7 Å². The summed E-state index contributed by atoms with van der Waals surface area (Å²) in [6.45, 7) is 5.78. The van der Waals surface area contributed by atoms with Gasteiger partial charge >= 0.3 is 0 Å². The number of anilines is 1. The average molecular weight is 308 g/mol. The quantitative estimate of drug-likeness (QED) is 0.550. The van der Waals surface area contributed by atoms with Gasteiger partial charge in [0.2, 0.25) is 5.91 Å². The molecular formula is C17H28N2O3. The molecule has 5 heteroatoms. The van der Waals surface area contributed by atoms with Crippen LogP contribution >= 0.6 is 0 Å². The largest absolute Gasteiger partial charge is 0.383 e. The van der Waals surface area contributed by atoms with Crippen LogP contribution < -0.4 is 10.6 Å². The van der Waals surface area contributed by atoms with E-state index in [1.54, 1.807) is 0 Å². The van der Waals surface area contributed by atoms with E-state index in [2.05, 4.69) is 17.6 Å². The van der Waals surface area contributed by atoms with Crippen LogP contribution in [0.3, 0.4) is 0 Å². The molecule has 0 aliphatic heterocycles. The Morgan fingerprint density at radius 1 is 1.00 bits per heavy atom. The molecule has 0 saturated heterocycles. The number of carbonyl (C=O) groups is 1. The predicted octanol–water partition coefficient (Wildman–Crippen LogP) is 2.44. The van der Waals surface area contributed by atoms with E-state index in [0.29, 0.717) is 32.8 Å². The Morgan fingerprint density at radius 2 is 1.73 bits per heavy atom. The number of hydrogen-bond donors (Lipinski definition) is 2. The second-order valence-electron chi connectivity index (χ2n) is 4.97. The van der Waals surface area contributed by atoms with Crippen molar-refractivity contribution in [3.63, 3.8) is 0 Å². The predicted molar refractivity (Wildman–Crippen MR) is 89.1 cm³/mol. The number of amides is 1. The summed E-state index contributed by atoms with van der Waals surface area (Å²) in [5, 5.41) is 6.08. The van der Waals surface area contributed by atoms with Gasteiger partial charge in [-0.25, -0.2) is 0 Å². The fourth-order valence-electron chi connectivity index (χ4n) is 1.79. The molecule has 0 unspecified atom stereocenters. The van der Waals surface area contributed by atoms with Crippen LogP contribution in [0.5, 0.6) is 0 Å². The van der Waals surface area contributed by atoms with Gasteiger partial charge in [-0.15, -0.1) is 0 Å². The van der Waals surface area contributed by atoms with Crippen molar-refractivity contribution in [2.75, 3.05) is 44.8 Å². The summed E-state index contributed by atoms with van der Waals surface area (Å²) >= 11 is 0. The molecule has 0 fully saturated rings. The van der Waals surface area contributed by atoms with Crippen LogP contribution in [0.1, 0.15) is 26.2 Å². The molecule has 0 heterocycles. The van der Waals surface area contributed by atoms with Crippen LogP contribution in [0.4, 0.5) is 5.69 Å². The lowest BCUT2D eigenvalue weighted by Gasteiger charge is -2.08. The van der Waals surface area contributed by atoms with Gasteiger partial charge in [0.25, 0.3) is 0 Å². The summed E-state index contributed by atoms with van der Waals surface area (Å²) in [6.07, 6.45) is 2.58. The number of ether oxygens (including phenoxy) is 2. The number of hydrogen-bond acceptors (Lipinski definition) is 4. The van der Waals surface area contributed by atoms with Crippen molar-refractivity contribution in [3.05, 3.63) is 30.3 Å². The Morgan fingerprint density at radius 3 is 2.50 bits per heavy atom. The highest BCUT2D eigenvalue weighted by molar-refractivity contribution is 5.75. The monoisotopic (exact) mass is 308 g/mol. The molecule has 0 spiro atoms. The molecule has 1 aromatic carbocycles. The van der Waals surface area contributed by atoms with Crippen LogP contribution in [0, 0.1) is 0 Å². The number of nitrogens with one attached hydrogen (secondary N) is 2. The van der Waals surface area contributed by atoms with E-state index in [4.69, 9.17) is 9.47 Å². The maximum absolute atomic E-state index is 11.5. The van der Waals surface area contributed by atoms with Gasteiger partial charge in [0.05, 0.1) is 19.8 Å². The first-order chi connectivity index (χ1) is 10.8. The van der Waals surface area contributed by atoms with E-state index >= 15 is 0 Å². The maximum Gasteiger partial charge on any atom is 0.222 e. The topological polar surface area (TPSA) is 59.6 Å². The van der Waals surface area contributed by atoms with Crippen LogP contribution in [-0.2, 0) is 14.3 Å². The summed E-state index contributed by atoms with van der Waals surface area (Å²) < 4.78 is 10.8. The summed E-state index contributed by atoms with van der Waals surface area (Å²) in [4.78, 5) is 11.5. The molecule has 5 nitrogen and oxygen atoms in total. The van der Waals surface area contributed by atoms with Crippen LogP contribution in [0.2, 0.25) is 0 Å². The molecule has 0 radical (unpaired) electrons. The summed E-state index contributed by atoms with van der Waals surface area (Å²) in [7, 11) is 0. The van der Waals surface area contributed by atoms with Crippen molar-refractivity contribution in [2.24, 2.45) is 0 Å². The first kappa shape index (κ1) is 18.5. The normalized spacial score (nSPS) is 10.4. The van der Waals surface area contributed by atoms with Gasteiger partial charge < -0.3 is 20.1 Å². The van der Waals surface area contributed by atoms with E-state index in [9.17, 15) is 4.79 Å². The zero-order valence-corrected chi connectivity index (χ0v) is 13.5. The van der Waals surface area contributed by atoms with E-state index in [1.807, 2.05) is 30.3 Å². The van der Waals surface area contributed by atoms with Crippen molar-refractivity contribution in [1.29, 1.82) is 0 Å². The Hall–Kier alpha value is -1.59. The third kappa shape index (κ3) is 10.2. The van der Waals surface area contributed by atoms with Crippen molar-refractivity contribution in [2.45, 2.75) is 26.2 Å². The van der Waals surface area contributed by atoms with Crippen LogP contribution in [0.25, 0.3) is 0 Å². The Bertz CT molecular complexity index is 385. The lowest BCUT2D eigenvalue weighted by atomic mass is 10.3. The zero-order chi connectivity index (χ0) is 15.9. The molecule has 22 heavy (non-hydrogen) atoms. The Kier molecular flexibility index (Phi) is 11.0. The van der Waals surface area contributed by atoms with Gasteiger partial charge in [-0.3, -0.25) is 4.79 Å². The highest BCUT2D eigenvalue weighted by Gasteiger charge is 2.00. The molecule has 1 aromatic rings. The van der Waals surface area contributed by atoms with Gasteiger partial charge in [0.1, 0.15) is 0 Å². The van der Waals surface area contributed by atoms with Gasteiger partial charge in [-0.05, 0) is 18.6 Å². The van der Waals surface area contributed by atoms with Gasteiger partial charge in [-0.2, -0.15) is 0 Å². The lowest BCUT2D eigenvalue weighted by Crippen LogP contribution is -2.28. The Labute approximate surface area is 133 Å². The number of carbonyl (C=O) groups excluding carboxylic acids is 1. The number of rotatable bonds is 13. The minimum Gasteiger partial charge on any atom is -0.383 e. The fraction of sp³-hybridized carbons (Fsp3) is 0.588. The van der Waals surface area contributed by atoms with Crippen molar-refractivity contribution in [1.82, 2.24) is 5.32 Å². The molecule has 1 amide bonds. The van der Waals surface area contributed by atoms with Crippen molar-refractivity contribution in [3.8, 4) is 0 Å². The number of benzene rings is 1. The molecule has 0 bridgehead atoms. The molecule has 124 valence electrons. The molecule has 0 aliphatic rings. The Balaban J connectivity index is 1.85. The maximum atomic E-state index is 11.5. The summed E-state index contributed by atoms with van der Waals surface area (Å²) in [5.74, 6) is 0.0162. The molecule has 1 rings (SSSR count). The third-order valence-corrected chi connectivity index (χ3v) is 3.03. The van der Waals surface area contributed by atoms with Gasteiger partial charge in [0, 0.05) is 31.8 Å². The minimum atomic E-state index is 0.0162. The SMILES string of the molecule is CCCCOCCC(=O)NCCOCCNc1ccccc1. The molecule has 2 N–H and O–H groups in total. The molecule has 0 atom stereocenters. The third-order valence-electron chi connectivity index (χ3n) is 3.03. The van der Waals surface area contributed by atoms with Gasteiger partial charge in [0.15, 0.2) is 0 Å². The number of unbranched alkanes of at least 4 members (excludes halogenated alkanes) is 1. The zero-order valence-electron chi connectivity index (χ0n) is 13.5. The molecule has 0 aromatic heterocycles. The van der Waals surface area contributed by atoms with E-state index < -0.39 is 0 Å². The minimum absolute atomic E-state index is 0.0162.